The minimum Gasteiger partial charge on any atom is -0.448 e. The molecule has 168 valence electrons. The Bertz CT molecular complexity index is 1360. The van der Waals surface area contributed by atoms with Gasteiger partial charge in [-0.15, -0.1) is 11.3 Å². The number of esters is 1. The van der Waals surface area contributed by atoms with E-state index in [4.69, 9.17) is 4.74 Å². The van der Waals surface area contributed by atoms with Crippen molar-refractivity contribution in [3.63, 3.8) is 0 Å². The van der Waals surface area contributed by atoms with Gasteiger partial charge in [-0.05, 0) is 19.4 Å². The van der Waals surface area contributed by atoms with E-state index in [0.29, 0.717) is 28.9 Å². The number of fused-ring (bicyclic) bond motifs is 1. The highest BCUT2D eigenvalue weighted by atomic mass is 32.1. The van der Waals surface area contributed by atoms with Gasteiger partial charge in [0.1, 0.15) is 0 Å². The van der Waals surface area contributed by atoms with Crippen LogP contribution in [0.1, 0.15) is 30.8 Å². The van der Waals surface area contributed by atoms with Gasteiger partial charge in [-0.25, -0.2) is 14.5 Å². The van der Waals surface area contributed by atoms with Gasteiger partial charge >= 0.3 is 5.97 Å². The smallest absolute Gasteiger partial charge is 0.360 e. The quantitative estimate of drug-likeness (QED) is 0.415. The first-order valence-electron chi connectivity index (χ1n) is 10.5. The lowest BCUT2D eigenvalue weighted by Crippen LogP contribution is -2.32. The van der Waals surface area contributed by atoms with Gasteiger partial charge in [0.15, 0.2) is 16.9 Å². The van der Waals surface area contributed by atoms with Crippen molar-refractivity contribution < 1.29 is 14.3 Å². The number of amides is 1. The summed E-state index contributed by atoms with van der Waals surface area (Å²) in [4.78, 5) is 42.5. The number of carbonyl (C=O) groups is 2. The van der Waals surface area contributed by atoms with E-state index >= 15 is 0 Å². The van der Waals surface area contributed by atoms with Crippen molar-refractivity contribution in [3.05, 3.63) is 76.0 Å². The van der Waals surface area contributed by atoms with Crippen LogP contribution in [0.5, 0.6) is 0 Å². The molecule has 2 aromatic carbocycles. The molecular formula is C24H22N4O4S. The van der Waals surface area contributed by atoms with Crippen LogP contribution in [0.15, 0.2) is 64.8 Å². The number of carbonyl (C=O) groups excluding carboxylic acids is 2. The van der Waals surface area contributed by atoms with Crippen molar-refractivity contribution in [3.8, 4) is 11.3 Å². The van der Waals surface area contributed by atoms with Gasteiger partial charge < -0.3 is 4.74 Å². The van der Waals surface area contributed by atoms with Crippen molar-refractivity contribution in [2.45, 2.75) is 32.9 Å². The van der Waals surface area contributed by atoms with Crippen molar-refractivity contribution in [1.29, 1.82) is 0 Å². The van der Waals surface area contributed by atoms with Crippen LogP contribution in [0, 0.1) is 0 Å². The zero-order chi connectivity index (χ0) is 23.4. The molecule has 4 aromatic rings. The summed E-state index contributed by atoms with van der Waals surface area (Å²) in [6.07, 6.45) is -0.411. The van der Waals surface area contributed by atoms with E-state index in [1.165, 1.54) is 22.9 Å². The maximum Gasteiger partial charge on any atom is 0.360 e. The Morgan fingerprint density at radius 1 is 1.09 bits per heavy atom. The zero-order valence-corrected chi connectivity index (χ0v) is 19.0. The molecule has 1 unspecified atom stereocenters. The molecule has 1 N–H and O–H groups in total. The van der Waals surface area contributed by atoms with E-state index in [9.17, 15) is 14.4 Å². The molecule has 0 saturated carbocycles. The molecule has 0 aliphatic carbocycles. The average Bonchev–Trinajstić information content (AvgIpc) is 3.30. The van der Waals surface area contributed by atoms with Crippen molar-refractivity contribution in [2.75, 3.05) is 5.32 Å². The highest BCUT2D eigenvalue weighted by Gasteiger charge is 2.24. The van der Waals surface area contributed by atoms with E-state index in [1.54, 1.807) is 24.3 Å². The number of benzene rings is 2. The number of aromatic nitrogens is 3. The highest BCUT2D eigenvalue weighted by molar-refractivity contribution is 7.14. The van der Waals surface area contributed by atoms with E-state index < -0.39 is 18.0 Å². The molecule has 0 fully saturated rings. The Hall–Kier alpha value is -3.85. The van der Waals surface area contributed by atoms with Crippen LogP contribution < -0.4 is 10.9 Å². The Labute approximate surface area is 193 Å². The van der Waals surface area contributed by atoms with Gasteiger partial charge in [-0.3, -0.25) is 14.9 Å². The fourth-order valence-corrected chi connectivity index (χ4v) is 4.02. The lowest BCUT2D eigenvalue weighted by molar-refractivity contribution is -0.123. The number of hydrogen-bond donors (Lipinski definition) is 1. The fourth-order valence-electron chi connectivity index (χ4n) is 3.30. The van der Waals surface area contributed by atoms with E-state index in [2.05, 4.69) is 15.4 Å². The lowest BCUT2D eigenvalue weighted by atomic mass is 10.1. The van der Waals surface area contributed by atoms with Gasteiger partial charge in [0.25, 0.3) is 11.5 Å². The molecule has 8 nitrogen and oxygen atoms in total. The fraction of sp³-hybridized carbons (Fsp3) is 0.208. The van der Waals surface area contributed by atoms with Crippen LogP contribution in [-0.2, 0) is 16.1 Å². The van der Waals surface area contributed by atoms with Crippen LogP contribution >= 0.6 is 11.3 Å². The molecule has 33 heavy (non-hydrogen) atoms. The molecule has 2 heterocycles. The Balaban J connectivity index is 1.50. The Morgan fingerprint density at radius 2 is 1.79 bits per heavy atom. The Kier molecular flexibility index (Phi) is 6.60. The molecule has 0 bridgehead atoms. The second kappa shape index (κ2) is 9.74. The molecule has 0 spiro atoms. The van der Waals surface area contributed by atoms with E-state index in [1.807, 2.05) is 42.6 Å². The summed E-state index contributed by atoms with van der Waals surface area (Å²) in [5.41, 5.74) is 1.41. The molecule has 0 saturated heterocycles. The topological polar surface area (TPSA) is 103 Å². The number of anilines is 1. The number of nitrogens with zero attached hydrogens (tertiary/aromatic N) is 3. The third-order valence-corrected chi connectivity index (χ3v) is 5.71. The molecule has 1 amide bonds. The minimum absolute atomic E-state index is 0.00101. The first kappa shape index (κ1) is 22.3. The molecule has 1 atom stereocenters. The normalized spacial score (nSPS) is 11.8. The predicted molar refractivity (Wildman–Crippen MR) is 127 cm³/mol. The van der Waals surface area contributed by atoms with Crippen LogP contribution in [-0.4, -0.2) is 32.7 Å². The molecule has 9 heteroatoms. The zero-order valence-electron chi connectivity index (χ0n) is 18.1. The Morgan fingerprint density at radius 3 is 2.52 bits per heavy atom. The van der Waals surface area contributed by atoms with Crippen LogP contribution in [0.25, 0.3) is 22.0 Å². The first-order valence-corrected chi connectivity index (χ1v) is 11.4. The van der Waals surface area contributed by atoms with E-state index in [-0.39, 0.29) is 11.3 Å². The first-order chi connectivity index (χ1) is 16.0. The summed E-state index contributed by atoms with van der Waals surface area (Å²) in [7, 11) is 0. The number of rotatable bonds is 7. The second-order valence-electron chi connectivity index (χ2n) is 7.36. The number of ether oxygens (including phenoxy) is 1. The second-order valence-corrected chi connectivity index (χ2v) is 8.22. The molecule has 0 radical (unpaired) electrons. The molecule has 4 rings (SSSR count). The molecule has 2 aromatic heterocycles. The maximum absolute atomic E-state index is 12.9. The van der Waals surface area contributed by atoms with Crippen LogP contribution in [0.4, 0.5) is 5.13 Å². The molecule has 0 aliphatic heterocycles. The number of hydrogen-bond acceptors (Lipinski definition) is 7. The summed E-state index contributed by atoms with van der Waals surface area (Å²) in [5.74, 6) is -1.29. The van der Waals surface area contributed by atoms with Crippen molar-refractivity contribution >= 4 is 39.1 Å². The third-order valence-electron chi connectivity index (χ3n) is 4.95. The van der Waals surface area contributed by atoms with E-state index in [0.717, 1.165) is 11.3 Å². The van der Waals surface area contributed by atoms with Gasteiger partial charge in [-0.1, -0.05) is 55.5 Å². The van der Waals surface area contributed by atoms with Gasteiger partial charge in [-0.2, -0.15) is 5.10 Å². The van der Waals surface area contributed by atoms with Gasteiger partial charge in [0.2, 0.25) is 0 Å². The summed E-state index contributed by atoms with van der Waals surface area (Å²) in [5, 5.41) is 9.90. The minimum atomic E-state index is -1.09. The van der Waals surface area contributed by atoms with Crippen LogP contribution in [0.3, 0.4) is 0 Å². The molecular weight excluding hydrogens is 440 g/mol. The SMILES string of the molecule is CCCn1nc(C(=O)OC(C)C(=O)Nc2nc(-c3ccccc3)cs2)c2ccccc2c1=O. The average molecular weight is 463 g/mol. The summed E-state index contributed by atoms with van der Waals surface area (Å²) in [6.45, 7) is 3.76. The number of thiazole rings is 1. The van der Waals surface area contributed by atoms with Gasteiger partial charge in [0.05, 0.1) is 11.1 Å². The molecule has 0 aliphatic rings. The monoisotopic (exact) mass is 462 g/mol. The van der Waals surface area contributed by atoms with Crippen molar-refractivity contribution in [2.24, 2.45) is 0 Å². The largest absolute Gasteiger partial charge is 0.448 e. The van der Waals surface area contributed by atoms with Crippen LogP contribution in [0.2, 0.25) is 0 Å². The number of nitrogens with one attached hydrogen (secondary N) is 1. The highest BCUT2D eigenvalue weighted by Crippen LogP contribution is 2.25. The standard InChI is InChI=1S/C24H22N4O4S/c1-3-13-28-22(30)18-12-8-7-11-17(18)20(27-28)23(31)32-15(2)21(29)26-24-25-19(14-33-24)16-9-5-4-6-10-16/h4-12,14-15H,3,13H2,1-2H3,(H,25,26,29). The summed E-state index contributed by atoms with van der Waals surface area (Å²) < 4.78 is 6.65. The lowest BCUT2D eigenvalue weighted by Gasteiger charge is -2.14. The maximum atomic E-state index is 12.9. The number of aryl methyl sites for hydroxylation is 1. The predicted octanol–water partition coefficient (Wildman–Crippen LogP) is 4.11. The summed E-state index contributed by atoms with van der Waals surface area (Å²) in [6, 6.07) is 16.3. The van der Waals surface area contributed by atoms with Crippen molar-refractivity contribution in [1.82, 2.24) is 14.8 Å². The third kappa shape index (κ3) is 4.83. The van der Waals surface area contributed by atoms with Gasteiger partial charge in [0, 0.05) is 22.9 Å². The summed E-state index contributed by atoms with van der Waals surface area (Å²) >= 11 is 1.28.